The number of nitrogens with two attached hydrogens (primary N) is 1. The summed E-state index contributed by atoms with van der Waals surface area (Å²) in [6.07, 6.45) is 1.31. The fourth-order valence-corrected chi connectivity index (χ4v) is 2.48. The Bertz CT molecular complexity index is 1000. The van der Waals surface area contributed by atoms with Crippen LogP contribution in [0.25, 0.3) is 11.0 Å². The molecule has 0 atom stereocenters. The molecule has 26 heavy (non-hydrogen) atoms. The van der Waals surface area contributed by atoms with E-state index in [2.05, 4.69) is 5.10 Å². The first-order chi connectivity index (χ1) is 12.5. The molecule has 0 aliphatic rings. The average molecular weight is 358 g/mol. The monoisotopic (exact) mass is 358 g/mol. The zero-order chi connectivity index (χ0) is 18.7. The molecule has 2 heterocycles. The standard InChI is InChI=1S/C16H15N5O5/c1-2-25-15(22)10-19-12-5-3-4-6-13(12)20(16(19)17)18-9-11-7-8-14(26-11)21(23)24/h3-9,17H,2,10H2,1H3/p+1/b18-9+. The van der Waals surface area contributed by atoms with Crippen LogP contribution < -0.4 is 10.3 Å². The van der Waals surface area contributed by atoms with E-state index in [4.69, 9.17) is 14.9 Å². The van der Waals surface area contributed by atoms with Crippen LogP contribution in [0.2, 0.25) is 0 Å². The van der Waals surface area contributed by atoms with Crippen molar-refractivity contribution in [2.45, 2.75) is 13.5 Å². The number of anilines is 1. The van der Waals surface area contributed by atoms with Gasteiger partial charge in [0.25, 0.3) is 0 Å². The van der Waals surface area contributed by atoms with E-state index in [1.54, 1.807) is 29.7 Å². The van der Waals surface area contributed by atoms with E-state index < -0.39 is 10.9 Å². The number of imidazole rings is 1. The predicted octanol–water partition coefficient (Wildman–Crippen LogP) is 1.46. The number of carbonyl (C=O) groups excluding carboxylic acids is 1. The number of benzene rings is 1. The van der Waals surface area contributed by atoms with Crippen molar-refractivity contribution in [1.82, 2.24) is 4.68 Å². The number of esters is 1. The minimum absolute atomic E-state index is 0.0606. The SMILES string of the molecule is CCOC(=O)C[n+]1c(N)n(/N=C/c2ccc([N+](=O)[O-])o2)c2ccccc21. The van der Waals surface area contributed by atoms with Crippen molar-refractivity contribution in [2.24, 2.45) is 5.10 Å². The van der Waals surface area contributed by atoms with Crippen LogP contribution in [0.4, 0.5) is 11.8 Å². The van der Waals surface area contributed by atoms with Gasteiger partial charge in [-0.25, -0.2) is 9.36 Å². The molecular formula is C16H16N5O5+. The molecule has 0 unspecified atom stereocenters. The maximum absolute atomic E-state index is 11.8. The Morgan fingerprint density at radius 2 is 2.19 bits per heavy atom. The topological polar surface area (TPSA) is 130 Å². The van der Waals surface area contributed by atoms with Gasteiger partial charge in [0.2, 0.25) is 0 Å². The van der Waals surface area contributed by atoms with Crippen LogP contribution in [0.5, 0.6) is 0 Å². The maximum atomic E-state index is 11.8. The van der Waals surface area contributed by atoms with Gasteiger partial charge >= 0.3 is 17.8 Å². The Kier molecular flexibility index (Phi) is 4.65. The van der Waals surface area contributed by atoms with Crippen LogP contribution in [0.15, 0.2) is 45.9 Å². The first-order valence-electron chi connectivity index (χ1n) is 7.74. The summed E-state index contributed by atoms with van der Waals surface area (Å²) in [4.78, 5) is 21.9. The number of nitro groups is 1. The van der Waals surface area contributed by atoms with E-state index in [0.29, 0.717) is 11.0 Å². The predicted molar refractivity (Wildman–Crippen MR) is 91.5 cm³/mol. The first-order valence-corrected chi connectivity index (χ1v) is 7.74. The summed E-state index contributed by atoms with van der Waals surface area (Å²) < 4.78 is 13.0. The molecule has 2 aromatic heterocycles. The largest absolute Gasteiger partial charge is 0.464 e. The maximum Gasteiger partial charge on any atom is 0.433 e. The van der Waals surface area contributed by atoms with Crippen LogP contribution in [-0.4, -0.2) is 28.4 Å². The summed E-state index contributed by atoms with van der Waals surface area (Å²) in [5.74, 6) is -0.394. The number of nitrogens with zero attached hydrogens (tertiary/aromatic N) is 4. The van der Waals surface area contributed by atoms with Crippen molar-refractivity contribution < 1.29 is 23.4 Å². The molecule has 2 N–H and O–H groups in total. The molecule has 0 aliphatic carbocycles. The molecule has 134 valence electrons. The second-order valence-corrected chi connectivity index (χ2v) is 5.23. The number of para-hydroxylation sites is 2. The lowest BCUT2D eigenvalue weighted by Gasteiger charge is -2.01. The van der Waals surface area contributed by atoms with Gasteiger partial charge in [0.15, 0.2) is 17.8 Å². The first kappa shape index (κ1) is 17.1. The van der Waals surface area contributed by atoms with Gasteiger partial charge in [0, 0.05) is 0 Å². The van der Waals surface area contributed by atoms with Gasteiger partial charge in [-0.15, -0.1) is 9.78 Å². The van der Waals surface area contributed by atoms with Gasteiger partial charge in [-0.1, -0.05) is 12.1 Å². The number of hydrogen-bond acceptors (Lipinski definition) is 7. The van der Waals surface area contributed by atoms with Gasteiger partial charge < -0.3 is 9.15 Å². The Balaban J connectivity index is 1.99. The molecule has 10 heteroatoms. The van der Waals surface area contributed by atoms with E-state index >= 15 is 0 Å². The molecule has 0 radical (unpaired) electrons. The minimum Gasteiger partial charge on any atom is -0.464 e. The number of fused-ring (bicyclic) bond motifs is 1. The molecule has 10 nitrogen and oxygen atoms in total. The second-order valence-electron chi connectivity index (χ2n) is 5.23. The third kappa shape index (κ3) is 3.24. The molecule has 0 fully saturated rings. The van der Waals surface area contributed by atoms with Crippen molar-refractivity contribution in [2.75, 3.05) is 12.3 Å². The Labute approximate surface area is 147 Å². The lowest BCUT2D eigenvalue weighted by atomic mass is 10.3. The number of hydrogen-bond donors (Lipinski definition) is 1. The molecule has 0 saturated carbocycles. The molecule has 0 aliphatic heterocycles. The fraction of sp³-hybridized carbons (Fsp3) is 0.188. The van der Waals surface area contributed by atoms with Crippen LogP contribution in [0.1, 0.15) is 12.7 Å². The van der Waals surface area contributed by atoms with Crippen molar-refractivity contribution in [3.05, 3.63) is 52.3 Å². The number of rotatable bonds is 6. The van der Waals surface area contributed by atoms with Crippen LogP contribution >= 0.6 is 0 Å². The molecule has 0 amide bonds. The zero-order valence-corrected chi connectivity index (χ0v) is 13.9. The second kappa shape index (κ2) is 7.05. The summed E-state index contributed by atoms with van der Waals surface area (Å²) >= 11 is 0. The van der Waals surface area contributed by atoms with E-state index in [1.165, 1.54) is 23.0 Å². The minimum atomic E-state index is -0.635. The lowest BCUT2D eigenvalue weighted by Crippen LogP contribution is -2.40. The summed E-state index contributed by atoms with van der Waals surface area (Å²) in [6, 6.07) is 9.87. The average Bonchev–Trinajstić information content (AvgIpc) is 3.18. The molecule has 3 aromatic rings. The number of ether oxygens (including phenoxy) is 1. The highest BCUT2D eigenvalue weighted by Gasteiger charge is 2.23. The molecule has 0 bridgehead atoms. The molecule has 3 rings (SSSR count). The summed E-state index contributed by atoms with van der Waals surface area (Å²) in [5.41, 5.74) is 7.50. The highest BCUT2D eigenvalue weighted by Crippen LogP contribution is 2.17. The van der Waals surface area contributed by atoms with Crippen molar-refractivity contribution >= 4 is 35.0 Å². The third-order valence-electron chi connectivity index (χ3n) is 3.58. The zero-order valence-electron chi connectivity index (χ0n) is 13.9. The van der Waals surface area contributed by atoms with Gasteiger partial charge in [-0.2, -0.15) is 0 Å². The Morgan fingerprint density at radius 1 is 1.42 bits per heavy atom. The smallest absolute Gasteiger partial charge is 0.433 e. The number of furan rings is 1. The number of carbonyl (C=O) groups is 1. The molecule has 1 aromatic carbocycles. The molecular weight excluding hydrogens is 342 g/mol. The van der Waals surface area contributed by atoms with Crippen molar-refractivity contribution in [1.29, 1.82) is 0 Å². The molecule has 0 saturated heterocycles. The fourth-order valence-electron chi connectivity index (χ4n) is 2.48. The van der Waals surface area contributed by atoms with Crippen LogP contribution in [0.3, 0.4) is 0 Å². The van der Waals surface area contributed by atoms with Crippen LogP contribution in [0, 0.1) is 10.1 Å². The van der Waals surface area contributed by atoms with Gasteiger partial charge in [-0.3, -0.25) is 15.8 Å². The summed E-state index contributed by atoms with van der Waals surface area (Å²) in [5, 5.41) is 14.9. The summed E-state index contributed by atoms with van der Waals surface area (Å²) in [7, 11) is 0. The van der Waals surface area contributed by atoms with E-state index in [-0.39, 0.29) is 30.7 Å². The highest BCUT2D eigenvalue weighted by atomic mass is 16.6. The van der Waals surface area contributed by atoms with Crippen molar-refractivity contribution in [3.8, 4) is 0 Å². The third-order valence-corrected chi connectivity index (χ3v) is 3.58. The highest BCUT2D eigenvalue weighted by molar-refractivity contribution is 5.79. The quantitative estimate of drug-likeness (QED) is 0.233. The van der Waals surface area contributed by atoms with Gasteiger partial charge in [-0.05, 0) is 25.1 Å². The number of aromatic nitrogens is 2. The molecule has 0 spiro atoms. The summed E-state index contributed by atoms with van der Waals surface area (Å²) in [6.45, 7) is 1.93. The normalized spacial score (nSPS) is 11.3. The Hall–Kier alpha value is -3.69. The Morgan fingerprint density at radius 3 is 2.88 bits per heavy atom. The van der Waals surface area contributed by atoms with Gasteiger partial charge in [0.05, 0.1) is 12.7 Å². The van der Waals surface area contributed by atoms with E-state index in [1.807, 2.05) is 6.07 Å². The number of nitrogen functional groups attached to an aromatic ring is 1. The van der Waals surface area contributed by atoms with Crippen LogP contribution in [-0.2, 0) is 16.1 Å². The lowest BCUT2D eigenvalue weighted by molar-refractivity contribution is -0.645. The van der Waals surface area contributed by atoms with E-state index in [0.717, 1.165) is 0 Å². The van der Waals surface area contributed by atoms with Gasteiger partial charge in [0.1, 0.15) is 16.7 Å². The van der Waals surface area contributed by atoms with Crippen molar-refractivity contribution in [3.63, 3.8) is 0 Å². The van der Waals surface area contributed by atoms with E-state index in [9.17, 15) is 14.9 Å².